The Hall–Kier alpha value is -2.57. The molecule has 7 heteroatoms. The molecule has 0 saturated heterocycles. The number of hydrogen-bond donors (Lipinski definition) is 1. The van der Waals surface area contributed by atoms with Crippen LogP contribution < -0.4 is 15.5 Å². The summed E-state index contributed by atoms with van der Waals surface area (Å²) >= 11 is 0. The minimum atomic E-state index is -0.342. The summed E-state index contributed by atoms with van der Waals surface area (Å²) in [5.41, 5.74) is 0.724. The van der Waals surface area contributed by atoms with E-state index in [0.29, 0.717) is 5.75 Å². The highest BCUT2D eigenvalue weighted by molar-refractivity contribution is 5.94. The van der Waals surface area contributed by atoms with Crippen molar-refractivity contribution in [2.45, 2.75) is 51.8 Å². The largest absolute Gasteiger partial charge is 0.485 e. The lowest BCUT2D eigenvalue weighted by atomic mass is 10.1. The maximum atomic E-state index is 12.5. The SMILES string of the molecule is CCn1cc(O[C@@H]2CCC[C@@H]2NC(=O)c2cn(C)c(C)cc2=O)cn1. The van der Waals surface area contributed by atoms with E-state index in [0.717, 1.165) is 31.5 Å². The van der Waals surface area contributed by atoms with Crippen LogP contribution in [-0.4, -0.2) is 32.4 Å². The number of aryl methyl sites for hydroxylation is 3. The molecule has 0 bridgehead atoms. The van der Waals surface area contributed by atoms with E-state index in [1.165, 1.54) is 6.07 Å². The van der Waals surface area contributed by atoms with Gasteiger partial charge in [-0.25, -0.2) is 0 Å². The molecule has 3 rings (SSSR count). The van der Waals surface area contributed by atoms with E-state index in [-0.39, 0.29) is 29.0 Å². The Labute approximate surface area is 146 Å². The van der Waals surface area contributed by atoms with Crippen LogP contribution in [-0.2, 0) is 13.6 Å². The highest BCUT2D eigenvalue weighted by Gasteiger charge is 2.31. The second-order valence-corrected chi connectivity index (χ2v) is 6.50. The molecule has 1 amide bonds. The molecule has 2 atom stereocenters. The summed E-state index contributed by atoms with van der Waals surface area (Å²) < 4.78 is 9.57. The fourth-order valence-corrected chi connectivity index (χ4v) is 3.13. The molecule has 2 aromatic rings. The zero-order valence-electron chi connectivity index (χ0n) is 14.9. The third-order valence-electron chi connectivity index (χ3n) is 4.72. The Morgan fingerprint density at radius 1 is 1.40 bits per heavy atom. The van der Waals surface area contributed by atoms with Gasteiger partial charge in [-0.05, 0) is 33.1 Å². The van der Waals surface area contributed by atoms with Gasteiger partial charge in [0.05, 0.1) is 18.4 Å². The number of nitrogens with zero attached hydrogens (tertiary/aromatic N) is 3. The minimum Gasteiger partial charge on any atom is -0.485 e. The van der Waals surface area contributed by atoms with E-state index in [1.807, 2.05) is 27.1 Å². The molecular weight excluding hydrogens is 320 g/mol. The highest BCUT2D eigenvalue weighted by Crippen LogP contribution is 2.24. The molecule has 0 aromatic carbocycles. The van der Waals surface area contributed by atoms with Gasteiger partial charge in [0.1, 0.15) is 11.7 Å². The summed E-state index contributed by atoms with van der Waals surface area (Å²) in [6.07, 6.45) is 7.71. The zero-order chi connectivity index (χ0) is 18.0. The number of amides is 1. The number of pyridine rings is 1. The fourth-order valence-electron chi connectivity index (χ4n) is 3.13. The molecular formula is C18H24N4O3. The zero-order valence-corrected chi connectivity index (χ0v) is 14.9. The number of ether oxygens (including phenoxy) is 1. The maximum absolute atomic E-state index is 12.5. The topological polar surface area (TPSA) is 78.1 Å². The molecule has 1 N–H and O–H groups in total. The molecule has 0 spiro atoms. The van der Waals surface area contributed by atoms with Gasteiger partial charge < -0.3 is 14.6 Å². The summed E-state index contributed by atoms with van der Waals surface area (Å²) in [7, 11) is 1.82. The lowest BCUT2D eigenvalue weighted by molar-refractivity contribution is 0.0892. The first-order chi connectivity index (χ1) is 12.0. The third kappa shape index (κ3) is 3.75. The van der Waals surface area contributed by atoms with Crippen molar-refractivity contribution in [3.63, 3.8) is 0 Å². The Bertz CT molecular complexity index is 824. The van der Waals surface area contributed by atoms with Gasteiger partial charge >= 0.3 is 0 Å². The fraction of sp³-hybridized carbons (Fsp3) is 0.500. The number of hydrogen-bond acceptors (Lipinski definition) is 4. The maximum Gasteiger partial charge on any atom is 0.257 e. The van der Waals surface area contributed by atoms with Crippen LogP contribution in [0.5, 0.6) is 5.75 Å². The molecule has 1 saturated carbocycles. The highest BCUT2D eigenvalue weighted by atomic mass is 16.5. The third-order valence-corrected chi connectivity index (χ3v) is 4.72. The number of carbonyl (C=O) groups excluding carboxylic acids is 1. The van der Waals surface area contributed by atoms with E-state index in [4.69, 9.17) is 4.74 Å². The number of carbonyl (C=O) groups is 1. The Morgan fingerprint density at radius 2 is 2.20 bits per heavy atom. The van der Waals surface area contributed by atoms with E-state index in [2.05, 4.69) is 10.4 Å². The van der Waals surface area contributed by atoms with Gasteiger partial charge in [-0.2, -0.15) is 5.10 Å². The quantitative estimate of drug-likeness (QED) is 0.894. The van der Waals surface area contributed by atoms with Crippen molar-refractivity contribution >= 4 is 5.91 Å². The molecule has 2 aromatic heterocycles. The van der Waals surface area contributed by atoms with Gasteiger partial charge in [0.2, 0.25) is 0 Å². The number of aromatic nitrogens is 3. The Morgan fingerprint density at radius 3 is 2.92 bits per heavy atom. The van der Waals surface area contributed by atoms with Crippen molar-refractivity contribution in [1.82, 2.24) is 19.7 Å². The number of nitrogens with one attached hydrogen (secondary N) is 1. The van der Waals surface area contributed by atoms with E-state index >= 15 is 0 Å². The summed E-state index contributed by atoms with van der Waals surface area (Å²) in [4.78, 5) is 24.6. The standard InChI is InChI=1S/C18H24N4O3/c1-4-22-10-13(9-19-22)25-17-7-5-6-15(17)20-18(24)14-11-21(3)12(2)8-16(14)23/h8-11,15,17H,4-7H2,1-3H3,(H,20,24)/t15-,17+/m0/s1. The summed E-state index contributed by atoms with van der Waals surface area (Å²) in [6.45, 7) is 4.63. The Kier molecular flexibility index (Phi) is 4.92. The molecule has 134 valence electrons. The van der Waals surface area contributed by atoms with Crippen molar-refractivity contribution in [2.75, 3.05) is 0 Å². The summed E-state index contributed by atoms with van der Waals surface area (Å²) in [5, 5.41) is 7.17. The molecule has 1 fully saturated rings. The van der Waals surface area contributed by atoms with Gasteiger partial charge in [-0.1, -0.05) is 0 Å². The molecule has 1 aliphatic carbocycles. The van der Waals surface area contributed by atoms with Crippen molar-refractivity contribution in [3.05, 3.63) is 46.1 Å². The first-order valence-electron chi connectivity index (χ1n) is 8.65. The molecule has 7 nitrogen and oxygen atoms in total. The van der Waals surface area contributed by atoms with Gasteiger partial charge in [-0.15, -0.1) is 0 Å². The average molecular weight is 344 g/mol. The van der Waals surface area contributed by atoms with Gasteiger partial charge in [0.15, 0.2) is 11.2 Å². The van der Waals surface area contributed by atoms with Crippen molar-refractivity contribution in [2.24, 2.45) is 7.05 Å². The summed E-state index contributed by atoms with van der Waals surface area (Å²) in [6, 6.07) is 1.37. The van der Waals surface area contributed by atoms with Crippen LogP contribution >= 0.6 is 0 Å². The van der Waals surface area contributed by atoms with Crippen LogP contribution in [0, 0.1) is 6.92 Å². The minimum absolute atomic E-state index is 0.104. The average Bonchev–Trinajstić information content (AvgIpc) is 3.21. The Balaban J connectivity index is 1.69. The van der Waals surface area contributed by atoms with Gasteiger partial charge in [0.25, 0.3) is 5.91 Å². The van der Waals surface area contributed by atoms with Crippen LogP contribution in [0.25, 0.3) is 0 Å². The lowest BCUT2D eigenvalue weighted by Gasteiger charge is -2.21. The predicted octanol–water partition coefficient (Wildman–Crippen LogP) is 1.64. The van der Waals surface area contributed by atoms with Crippen molar-refractivity contribution in [3.8, 4) is 5.75 Å². The molecule has 1 aliphatic rings. The van der Waals surface area contributed by atoms with Crippen molar-refractivity contribution < 1.29 is 9.53 Å². The smallest absolute Gasteiger partial charge is 0.257 e. The molecule has 0 radical (unpaired) electrons. The van der Waals surface area contributed by atoms with E-state index in [1.54, 1.807) is 21.6 Å². The van der Waals surface area contributed by atoms with Crippen LogP contribution in [0.3, 0.4) is 0 Å². The van der Waals surface area contributed by atoms with Crippen LogP contribution in [0.1, 0.15) is 42.2 Å². The number of rotatable bonds is 5. The first kappa shape index (κ1) is 17.3. The lowest BCUT2D eigenvalue weighted by Crippen LogP contribution is -2.43. The normalized spacial score (nSPS) is 19.8. The monoisotopic (exact) mass is 344 g/mol. The first-order valence-corrected chi connectivity index (χ1v) is 8.65. The predicted molar refractivity (Wildman–Crippen MR) is 93.8 cm³/mol. The second kappa shape index (κ2) is 7.13. The van der Waals surface area contributed by atoms with Crippen molar-refractivity contribution in [1.29, 1.82) is 0 Å². The van der Waals surface area contributed by atoms with E-state index in [9.17, 15) is 9.59 Å². The van der Waals surface area contributed by atoms with Crippen LogP contribution in [0.15, 0.2) is 29.5 Å². The van der Waals surface area contributed by atoms with Gasteiger partial charge in [-0.3, -0.25) is 14.3 Å². The van der Waals surface area contributed by atoms with E-state index < -0.39 is 0 Å². The second-order valence-electron chi connectivity index (χ2n) is 6.50. The van der Waals surface area contributed by atoms with Crippen LogP contribution in [0.4, 0.5) is 0 Å². The van der Waals surface area contributed by atoms with Gasteiger partial charge in [0, 0.05) is 31.5 Å². The van der Waals surface area contributed by atoms with Crippen LogP contribution in [0.2, 0.25) is 0 Å². The summed E-state index contributed by atoms with van der Waals surface area (Å²) in [5.74, 6) is 0.365. The molecule has 0 aliphatic heterocycles. The molecule has 2 heterocycles. The molecule has 0 unspecified atom stereocenters. The molecule has 25 heavy (non-hydrogen) atoms.